The van der Waals surface area contributed by atoms with Crippen molar-refractivity contribution in [3.8, 4) is 0 Å². The van der Waals surface area contributed by atoms with Gasteiger partial charge in [0.2, 0.25) is 0 Å². The zero-order valence-electron chi connectivity index (χ0n) is 17.6. The molecule has 0 atom stereocenters. The second kappa shape index (κ2) is 17.5. The molecule has 0 aromatic carbocycles. The molecule has 0 spiro atoms. The summed E-state index contributed by atoms with van der Waals surface area (Å²) >= 11 is 0. The van der Waals surface area contributed by atoms with Gasteiger partial charge in [-0.3, -0.25) is 9.79 Å². The molecule has 0 bridgehead atoms. The van der Waals surface area contributed by atoms with Gasteiger partial charge in [-0.1, -0.05) is 19.8 Å². The Hall–Kier alpha value is -0.570. The second-order valence-corrected chi connectivity index (χ2v) is 6.99. The smallest absolute Gasteiger partial charge is 0.305 e. The van der Waals surface area contributed by atoms with Crippen molar-refractivity contribution in [2.24, 2.45) is 4.99 Å². The van der Waals surface area contributed by atoms with E-state index in [1.807, 2.05) is 6.92 Å². The van der Waals surface area contributed by atoms with E-state index >= 15 is 0 Å². The third-order valence-corrected chi connectivity index (χ3v) is 4.68. The van der Waals surface area contributed by atoms with Crippen LogP contribution in [-0.2, 0) is 9.53 Å². The van der Waals surface area contributed by atoms with E-state index in [2.05, 4.69) is 29.4 Å². The van der Waals surface area contributed by atoms with E-state index in [-0.39, 0.29) is 29.9 Å². The SMILES string of the molecule is CCCN1CCC(NC(=NCCCCCCC(=O)OCC)NCC)CC1.I. The highest BCUT2D eigenvalue weighted by molar-refractivity contribution is 14.0. The molecule has 1 fully saturated rings. The first-order valence-corrected chi connectivity index (χ1v) is 10.6. The lowest BCUT2D eigenvalue weighted by molar-refractivity contribution is -0.143. The summed E-state index contributed by atoms with van der Waals surface area (Å²) in [7, 11) is 0. The van der Waals surface area contributed by atoms with Gasteiger partial charge in [-0.25, -0.2) is 0 Å². The fourth-order valence-electron chi connectivity index (χ4n) is 3.29. The lowest BCUT2D eigenvalue weighted by Gasteiger charge is -2.32. The van der Waals surface area contributed by atoms with Gasteiger partial charge in [0, 0.05) is 38.6 Å². The predicted molar refractivity (Wildman–Crippen MR) is 124 cm³/mol. The molecule has 0 aromatic heterocycles. The molecule has 1 rings (SSSR count). The average Bonchev–Trinajstić information content (AvgIpc) is 2.63. The Morgan fingerprint density at radius 2 is 1.81 bits per heavy atom. The van der Waals surface area contributed by atoms with Crippen LogP contribution in [0.15, 0.2) is 4.99 Å². The van der Waals surface area contributed by atoms with E-state index in [1.54, 1.807) is 0 Å². The number of aliphatic imine (C=N–C) groups is 1. The molecule has 27 heavy (non-hydrogen) atoms. The normalized spacial score (nSPS) is 15.9. The van der Waals surface area contributed by atoms with E-state index < -0.39 is 0 Å². The minimum absolute atomic E-state index is 0. The number of unbranched alkanes of at least 4 members (excludes halogenated alkanes) is 3. The molecule has 0 aliphatic carbocycles. The fourth-order valence-corrected chi connectivity index (χ4v) is 3.29. The highest BCUT2D eigenvalue weighted by Crippen LogP contribution is 2.10. The Kier molecular flexibility index (Phi) is 17.2. The first-order valence-electron chi connectivity index (χ1n) is 10.6. The van der Waals surface area contributed by atoms with Crippen molar-refractivity contribution >= 4 is 35.9 Å². The summed E-state index contributed by atoms with van der Waals surface area (Å²) < 4.78 is 4.94. The number of esters is 1. The molecule has 0 unspecified atom stereocenters. The number of carbonyl (C=O) groups excluding carboxylic acids is 1. The van der Waals surface area contributed by atoms with E-state index in [9.17, 15) is 4.79 Å². The summed E-state index contributed by atoms with van der Waals surface area (Å²) in [6.07, 6.45) is 8.31. The quantitative estimate of drug-likeness (QED) is 0.142. The van der Waals surface area contributed by atoms with E-state index in [1.165, 1.54) is 38.9 Å². The molecule has 160 valence electrons. The van der Waals surface area contributed by atoms with Gasteiger partial charge >= 0.3 is 5.97 Å². The van der Waals surface area contributed by atoms with Gasteiger partial charge in [0.15, 0.2) is 5.96 Å². The zero-order chi connectivity index (χ0) is 19.0. The highest BCUT2D eigenvalue weighted by atomic mass is 127. The number of rotatable bonds is 12. The number of hydrogen-bond acceptors (Lipinski definition) is 4. The van der Waals surface area contributed by atoms with Crippen molar-refractivity contribution in [3.05, 3.63) is 0 Å². The molecular formula is C20H41IN4O2. The van der Waals surface area contributed by atoms with Crippen LogP contribution in [0.2, 0.25) is 0 Å². The molecule has 1 heterocycles. The number of hydrogen-bond donors (Lipinski definition) is 2. The molecule has 1 aliphatic heterocycles. The van der Waals surface area contributed by atoms with E-state index in [0.717, 1.165) is 44.7 Å². The zero-order valence-corrected chi connectivity index (χ0v) is 19.9. The summed E-state index contributed by atoms with van der Waals surface area (Å²) in [4.78, 5) is 18.5. The molecule has 0 amide bonds. The summed E-state index contributed by atoms with van der Waals surface area (Å²) in [5.41, 5.74) is 0. The lowest BCUT2D eigenvalue weighted by atomic mass is 10.1. The molecular weight excluding hydrogens is 455 g/mol. The molecule has 7 heteroatoms. The van der Waals surface area contributed by atoms with Crippen molar-refractivity contribution < 1.29 is 9.53 Å². The van der Waals surface area contributed by atoms with Crippen LogP contribution in [0.5, 0.6) is 0 Å². The van der Waals surface area contributed by atoms with E-state index in [0.29, 0.717) is 19.1 Å². The van der Waals surface area contributed by atoms with Gasteiger partial charge in [-0.2, -0.15) is 0 Å². The Balaban J connectivity index is 0.00000676. The number of carbonyl (C=O) groups is 1. The standard InChI is InChI=1S/C20H40N4O2.HI/c1-4-15-24-16-12-18(13-17-24)23-20(21-5-2)22-14-10-8-7-9-11-19(25)26-6-3;/h18H,4-17H2,1-3H3,(H2,21,22,23);1H. The predicted octanol–water partition coefficient (Wildman–Crippen LogP) is 3.55. The third kappa shape index (κ3) is 13.3. The molecule has 1 aliphatic rings. The molecule has 0 saturated carbocycles. The largest absolute Gasteiger partial charge is 0.466 e. The van der Waals surface area contributed by atoms with Crippen LogP contribution in [-0.4, -0.2) is 62.2 Å². The number of nitrogens with one attached hydrogen (secondary N) is 2. The summed E-state index contributed by atoms with van der Waals surface area (Å²) in [5, 5.41) is 6.96. The van der Waals surface area contributed by atoms with Crippen LogP contribution in [0.1, 0.15) is 72.1 Å². The average molecular weight is 496 g/mol. The maximum Gasteiger partial charge on any atom is 0.305 e. The summed E-state index contributed by atoms with van der Waals surface area (Å²) in [5.74, 6) is 0.877. The number of guanidine groups is 1. The van der Waals surface area contributed by atoms with Crippen molar-refractivity contribution in [2.45, 2.75) is 78.2 Å². The monoisotopic (exact) mass is 496 g/mol. The maximum absolute atomic E-state index is 11.3. The van der Waals surface area contributed by atoms with Gasteiger partial charge < -0.3 is 20.3 Å². The number of halogens is 1. The van der Waals surface area contributed by atoms with Crippen LogP contribution >= 0.6 is 24.0 Å². The van der Waals surface area contributed by atoms with E-state index in [4.69, 9.17) is 9.73 Å². The van der Waals surface area contributed by atoms with Gasteiger partial charge in [0.1, 0.15) is 0 Å². The number of piperidine rings is 1. The Bertz CT molecular complexity index is 399. The van der Waals surface area contributed by atoms with Gasteiger partial charge in [0.25, 0.3) is 0 Å². The van der Waals surface area contributed by atoms with Crippen LogP contribution in [0.3, 0.4) is 0 Å². The van der Waals surface area contributed by atoms with Crippen molar-refractivity contribution in [3.63, 3.8) is 0 Å². The highest BCUT2D eigenvalue weighted by Gasteiger charge is 2.19. The summed E-state index contributed by atoms with van der Waals surface area (Å²) in [6.45, 7) is 12.0. The van der Waals surface area contributed by atoms with Gasteiger partial charge in [-0.15, -0.1) is 24.0 Å². The Morgan fingerprint density at radius 3 is 2.44 bits per heavy atom. The number of nitrogens with zero attached hydrogens (tertiary/aromatic N) is 2. The molecule has 1 saturated heterocycles. The van der Waals surface area contributed by atoms with Crippen LogP contribution in [0, 0.1) is 0 Å². The maximum atomic E-state index is 11.3. The second-order valence-electron chi connectivity index (χ2n) is 6.99. The van der Waals surface area contributed by atoms with Crippen LogP contribution in [0.25, 0.3) is 0 Å². The third-order valence-electron chi connectivity index (χ3n) is 4.68. The van der Waals surface area contributed by atoms with Crippen LogP contribution in [0.4, 0.5) is 0 Å². The van der Waals surface area contributed by atoms with Crippen molar-refractivity contribution in [1.82, 2.24) is 15.5 Å². The molecule has 0 radical (unpaired) electrons. The number of likely N-dealkylation sites (tertiary alicyclic amines) is 1. The van der Waals surface area contributed by atoms with Crippen LogP contribution < -0.4 is 10.6 Å². The first-order chi connectivity index (χ1) is 12.7. The minimum Gasteiger partial charge on any atom is -0.466 e. The fraction of sp³-hybridized carbons (Fsp3) is 0.900. The Morgan fingerprint density at radius 1 is 1.11 bits per heavy atom. The topological polar surface area (TPSA) is 66.0 Å². The first kappa shape index (κ1) is 26.4. The molecule has 6 nitrogen and oxygen atoms in total. The molecule has 0 aromatic rings. The van der Waals surface area contributed by atoms with Crippen molar-refractivity contribution in [2.75, 3.05) is 39.3 Å². The summed E-state index contributed by atoms with van der Waals surface area (Å²) in [6, 6.07) is 0.533. The Labute approximate surface area is 183 Å². The minimum atomic E-state index is -0.0749. The lowest BCUT2D eigenvalue weighted by Crippen LogP contribution is -2.48. The number of ether oxygens (including phenoxy) is 1. The van der Waals surface area contributed by atoms with Crippen molar-refractivity contribution in [1.29, 1.82) is 0 Å². The van der Waals surface area contributed by atoms with Gasteiger partial charge in [0.05, 0.1) is 6.61 Å². The molecule has 2 N–H and O–H groups in total. The van der Waals surface area contributed by atoms with Gasteiger partial charge in [-0.05, 0) is 52.5 Å².